The Morgan fingerprint density at radius 3 is 2.94 bits per heavy atom. The molecule has 1 aliphatic carbocycles. The largest absolute Gasteiger partial charge is 0.364 e. The lowest BCUT2D eigenvalue weighted by atomic mass is 10.1. The second kappa shape index (κ2) is 5.05. The lowest BCUT2D eigenvalue weighted by Gasteiger charge is -2.19. The smallest absolute Gasteiger partial charge is 0.239 e. The number of hydrogen-bond donors (Lipinski definition) is 1. The monoisotopic (exact) mass is 247 g/mol. The molecule has 2 rings (SSSR count). The van der Waals surface area contributed by atoms with Gasteiger partial charge in [0.1, 0.15) is 11.9 Å². The molecule has 1 aromatic carbocycles. The van der Waals surface area contributed by atoms with Crippen LogP contribution in [0.5, 0.6) is 0 Å². The highest BCUT2D eigenvalue weighted by Crippen LogP contribution is 2.21. The quantitative estimate of drug-likeness (QED) is 0.875. The Balaban J connectivity index is 2.05. The van der Waals surface area contributed by atoms with Crippen LogP contribution in [0.25, 0.3) is 0 Å². The Bertz CT molecular complexity index is 505. The van der Waals surface area contributed by atoms with Crippen LogP contribution in [0.4, 0.5) is 10.1 Å². The lowest BCUT2D eigenvalue weighted by molar-refractivity contribution is -0.119. The maximum absolute atomic E-state index is 13.0. The van der Waals surface area contributed by atoms with Gasteiger partial charge < -0.3 is 10.2 Å². The number of likely N-dealkylation sites (N-methyl/N-ethyl adjacent to an activating group) is 1. The number of amides is 1. The van der Waals surface area contributed by atoms with Crippen molar-refractivity contribution in [2.75, 3.05) is 18.5 Å². The predicted octanol–water partition coefficient (Wildman–Crippen LogP) is 1.41. The van der Waals surface area contributed by atoms with E-state index in [0.717, 1.165) is 12.8 Å². The molecule has 1 fully saturated rings. The Labute approximate surface area is 105 Å². The minimum absolute atomic E-state index is 0.0757. The number of carbonyl (C=O) groups is 1. The fourth-order valence-corrected chi connectivity index (χ4v) is 1.73. The number of nitrogens with one attached hydrogen (secondary N) is 1. The van der Waals surface area contributed by atoms with Gasteiger partial charge >= 0.3 is 0 Å². The molecule has 1 amide bonds. The SMILES string of the molecule is CN(CC(=O)NC1CC1)c1ccc(F)cc1C#N. The molecule has 1 saturated carbocycles. The molecule has 0 heterocycles. The predicted molar refractivity (Wildman–Crippen MR) is 65.5 cm³/mol. The molecule has 1 aromatic rings. The average molecular weight is 247 g/mol. The van der Waals surface area contributed by atoms with Gasteiger partial charge in [-0.3, -0.25) is 4.79 Å². The Kier molecular flexibility index (Phi) is 3.47. The van der Waals surface area contributed by atoms with Crippen molar-refractivity contribution < 1.29 is 9.18 Å². The van der Waals surface area contributed by atoms with E-state index in [1.165, 1.54) is 18.2 Å². The Morgan fingerprint density at radius 1 is 1.61 bits per heavy atom. The second-order valence-electron chi connectivity index (χ2n) is 4.47. The number of anilines is 1. The Hall–Kier alpha value is -2.09. The van der Waals surface area contributed by atoms with Crippen LogP contribution in [0.3, 0.4) is 0 Å². The summed E-state index contributed by atoms with van der Waals surface area (Å²) in [5.74, 6) is -0.528. The summed E-state index contributed by atoms with van der Waals surface area (Å²) in [7, 11) is 1.71. The number of nitrogens with zero attached hydrogens (tertiary/aromatic N) is 2. The van der Waals surface area contributed by atoms with E-state index in [4.69, 9.17) is 5.26 Å². The first-order valence-electron chi connectivity index (χ1n) is 5.80. The normalized spacial score (nSPS) is 13.8. The summed E-state index contributed by atoms with van der Waals surface area (Å²) >= 11 is 0. The summed E-state index contributed by atoms with van der Waals surface area (Å²) in [4.78, 5) is 13.3. The summed E-state index contributed by atoms with van der Waals surface area (Å²) in [6.45, 7) is 0.164. The first-order valence-corrected chi connectivity index (χ1v) is 5.80. The van der Waals surface area contributed by atoms with Gasteiger partial charge in [0.05, 0.1) is 17.8 Å². The van der Waals surface area contributed by atoms with Crippen molar-refractivity contribution in [1.29, 1.82) is 5.26 Å². The molecule has 0 bridgehead atoms. The van der Waals surface area contributed by atoms with Gasteiger partial charge in [0.2, 0.25) is 5.91 Å². The van der Waals surface area contributed by atoms with E-state index >= 15 is 0 Å². The summed E-state index contributed by atoms with van der Waals surface area (Å²) < 4.78 is 13.0. The molecule has 1 N–H and O–H groups in total. The standard InChI is InChI=1S/C13H14FN3O/c1-17(8-13(18)16-11-3-4-11)12-5-2-10(14)6-9(12)7-15/h2,5-6,11H,3-4,8H2,1H3,(H,16,18). The number of carbonyl (C=O) groups excluding carboxylic acids is 1. The van der Waals surface area contributed by atoms with Crippen molar-refractivity contribution in [2.24, 2.45) is 0 Å². The maximum atomic E-state index is 13.0. The van der Waals surface area contributed by atoms with Crippen LogP contribution >= 0.6 is 0 Å². The van der Waals surface area contributed by atoms with Gasteiger partial charge in [-0.2, -0.15) is 5.26 Å². The van der Waals surface area contributed by atoms with Crippen molar-refractivity contribution in [2.45, 2.75) is 18.9 Å². The fourth-order valence-electron chi connectivity index (χ4n) is 1.73. The molecule has 0 aromatic heterocycles. The third kappa shape index (κ3) is 2.98. The number of benzene rings is 1. The van der Waals surface area contributed by atoms with Crippen LogP contribution in [0, 0.1) is 17.1 Å². The van der Waals surface area contributed by atoms with Crippen molar-refractivity contribution in [3.63, 3.8) is 0 Å². The molecule has 18 heavy (non-hydrogen) atoms. The molecule has 0 aliphatic heterocycles. The number of nitriles is 1. The Morgan fingerprint density at radius 2 is 2.33 bits per heavy atom. The first-order chi connectivity index (χ1) is 8.60. The summed E-state index contributed by atoms with van der Waals surface area (Å²) in [5.41, 5.74) is 0.793. The van der Waals surface area contributed by atoms with Crippen molar-refractivity contribution in [3.05, 3.63) is 29.6 Å². The van der Waals surface area contributed by atoms with Gasteiger partial charge in [0.15, 0.2) is 0 Å². The van der Waals surface area contributed by atoms with Gasteiger partial charge in [-0.05, 0) is 31.0 Å². The molecule has 0 radical (unpaired) electrons. The van der Waals surface area contributed by atoms with Crippen LogP contribution < -0.4 is 10.2 Å². The van der Waals surface area contributed by atoms with Crippen LogP contribution in [0.2, 0.25) is 0 Å². The highest BCUT2D eigenvalue weighted by molar-refractivity contribution is 5.82. The van der Waals surface area contributed by atoms with E-state index in [1.54, 1.807) is 11.9 Å². The highest BCUT2D eigenvalue weighted by atomic mass is 19.1. The van der Waals surface area contributed by atoms with E-state index in [2.05, 4.69) is 5.32 Å². The molecule has 0 spiro atoms. The minimum atomic E-state index is -0.453. The molecular formula is C13H14FN3O. The van der Waals surface area contributed by atoms with E-state index in [0.29, 0.717) is 11.7 Å². The van der Waals surface area contributed by atoms with Crippen LogP contribution in [-0.4, -0.2) is 25.5 Å². The summed E-state index contributed by atoms with van der Waals surface area (Å²) in [6, 6.07) is 6.21. The van der Waals surface area contributed by atoms with Gasteiger partial charge in [-0.1, -0.05) is 0 Å². The van der Waals surface area contributed by atoms with Gasteiger partial charge in [0, 0.05) is 13.1 Å². The first kappa shape index (κ1) is 12.4. The van der Waals surface area contributed by atoms with Crippen molar-refractivity contribution in [1.82, 2.24) is 5.32 Å². The molecular weight excluding hydrogens is 233 g/mol. The molecule has 1 aliphatic rings. The van der Waals surface area contributed by atoms with E-state index < -0.39 is 5.82 Å². The van der Waals surface area contributed by atoms with Crippen LogP contribution in [0.1, 0.15) is 18.4 Å². The minimum Gasteiger partial charge on any atom is -0.364 e. The summed E-state index contributed by atoms with van der Waals surface area (Å²) in [5, 5.41) is 11.8. The zero-order chi connectivity index (χ0) is 13.1. The zero-order valence-corrected chi connectivity index (χ0v) is 10.1. The average Bonchev–Trinajstić information content (AvgIpc) is 3.12. The third-order valence-corrected chi connectivity index (χ3v) is 2.81. The fraction of sp³-hybridized carbons (Fsp3) is 0.385. The lowest BCUT2D eigenvalue weighted by Crippen LogP contribution is -2.36. The zero-order valence-electron chi connectivity index (χ0n) is 10.1. The number of hydrogen-bond acceptors (Lipinski definition) is 3. The molecule has 94 valence electrons. The van der Waals surface area contributed by atoms with Gasteiger partial charge in [-0.15, -0.1) is 0 Å². The molecule has 0 unspecified atom stereocenters. The topological polar surface area (TPSA) is 56.1 Å². The van der Waals surface area contributed by atoms with E-state index in [9.17, 15) is 9.18 Å². The molecule has 0 atom stereocenters. The number of rotatable bonds is 4. The molecule has 4 nitrogen and oxygen atoms in total. The third-order valence-electron chi connectivity index (χ3n) is 2.81. The van der Waals surface area contributed by atoms with Gasteiger partial charge in [-0.25, -0.2) is 4.39 Å². The summed E-state index contributed by atoms with van der Waals surface area (Å²) in [6.07, 6.45) is 2.07. The van der Waals surface area contributed by atoms with Crippen LogP contribution in [0.15, 0.2) is 18.2 Å². The maximum Gasteiger partial charge on any atom is 0.239 e. The highest BCUT2D eigenvalue weighted by Gasteiger charge is 2.23. The van der Waals surface area contributed by atoms with Gasteiger partial charge in [0.25, 0.3) is 0 Å². The van der Waals surface area contributed by atoms with Crippen molar-refractivity contribution in [3.8, 4) is 6.07 Å². The van der Waals surface area contributed by atoms with Crippen LogP contribution in [-0.2, 0) is 4.79 Å². The number of halogens is 1. The van der Waals surface area contributed by atoms with Crippen molar-refractivity contribution >= 4 is 11.6 Å². The molecule has 5 heteroatoms. The van der Waals surface area contributed by atoms with E-state index in [-0.39, 0.29) is 18.0 Å². The molecule has 0 saturated heterocycles. The van der Waals surface area contributed by atoms with E-state index in [1.807, 2.05) is 6.07 Å². The second-order valence-corrected chi connectivity index (χ2v) is 4.47.